The molecule has 0 aliphatic rings. The van der Waals surface area contributed by atoms with Gasteiger partial charge in [-0.25, -0.2) is 32.3 Å². The van der Waals surface area contributed by atoms with Crippen molar-refractivity contribution in [2.75, 3.05) is 26.0 Å². The average molecular weight is 540 g/mol. The third-order valence-corrected chi connectivity index (χ3v) is 6.70. The van der Waals surface area contributed by atoms with Crippen LogP contribution in [0.25, 0.3) is 22.5 Å². The first-order valence-electron chi connectivity index (χ1n) is 10.9. The van der Waals surface area contributed by atoms with Crippen LogP contribution >= 0.6 is 11.6 Å². The molecule has 0 aliphatic heterocycles. The van der Waals surface area contributed by atoms with Gasteiger partial charge in [-0.2, -0.15) is 5.10 Å². The smallest absolute Gasteiger partial charge is 0.407 e. The number of sulfonamides is 1. The van der Waals surface area contributed by atoms with Crippen molar-refractivity contribution in [2.45, 2.75) is 37.8 Å². The van der Waals surface area contributed by atoms with Crippen LogP contribution in [-0.2, 0) is 14.8 Å². The molecular formula is C22H27ClFN7O4S. The topological polar surface area (TPSA) is 140 Å². The molecule has 2 heterocycles. The normalized spacial score (nSPS) is 12.4. The Kier molecular flexibility index (Phi) is 8.48. The van der Waals surface area contributed by atoms with Crippen molar-refractivity contribution in [1.29, 1.82) is 0 Å². The summed E-state index contributed by atoms with van der Waals surface area (Å²) in [6.45, 7) is 5.73. The Labute approximate surface area is 213 Å². The van der Waals surface area contributed by atoms with Gasteiger partial charge in [-0.15, -0.1) is 0 Å². The fraction of sp³-hybridized carbons (Fsp3) is 0.364. The van der Waals surface area contributed by atoms with Crippen molar-refractivity contribution in [3.63, 3.8) is 0 Å². The summed E-state index contributed by atoms with van der Waals surface area (Å²) in [7, 11) is -1.47. The number of alkyl carbamates (subject to hydrolysis) is 1. The molecule has 36 heavy (non-hydrogen) atoms. The van der Waals surface area contributed by atoms with Crippen LogP contribution in [0.15, 0.2) is 35.5 Å². The summed E-state index contributed by atoms with van der Waals surface area (Å²) in [5.41, 5.74) is 0.924. The van der Waals surface area contributed by atoms with Crippen LogP contribution in [0, 0.1) is 5.82 Å². The molecule has 1 amide bonds. The van der Waals surface area contributed by atoms with Gasteiger partial charge >= 0.3 is 6.09 Å². The summed E-state index contributed by atoms with van der Waals surface area (Å²) in [4.78, 5) is 19.5. The molecule has 0 fully saturated rings. The average Bonchev–Trinajstić information content (AvgIpc) is 3.29. The minimum atomic E-state index is -4.12. The zero-order valence-corrected chi connectivity index (χ0v) is 21.9. The first-order valence-corrected chi connectivity index (χ1v) is 12.8. The Hall–Kier alpha value is -3.29. The molecule has 0 bridgehead atoms. The van der Waals surface area contributed by atoms with Gasteiger partial charge in [0.2, 0.25) is 16.0 Å². The third kappa shape index (κ3) is 6.09. The van der Waals surface area contributed by atoms with E-state index in [4.69, 9.17) is 16.3 Å². The van der Waals surface area contributed by atoms with Gasteiger partial charge in [-0.05, 0) is 46.0 Å². The summed E-state index contributed by atoms with van der Waals surface area (Å²) < 4.78 is 49.1. The van der Waals surface area contributed by atoms with E-state index in [-0.39, 0.29) is 34.8 Å². The lowest BCUT2D eigenvalue weighted by molar-refractivity contribution is 0.114. The Morgan fingerprint density at radius 3 is 2.58 bits per heavy atom. The standard InChI is InChI=1S/C22H27ClFN7O4S/c1-12(2)31-11-16(17-6-7-27-21(29-17)28-10-13(3)35-22(32)25-4)20(30-31)15-8-14(23)9-18(19(15)24)36(33,34)26-5/h6-9,11-13,26H,10H2,1-5H3,(H,25,32)(H,27,28,29). The Balaban J connectivity index is 2.06. The number of nitrogens with zero attached hydrogens (tertiary/aromatic N) is 4. The maximum atomic E-state index is 15.5. The van der Waals surface area contributed by atoms with E-state index >= 15 is 4.39 Å². The molecule has 2 aromatic heterocycles. The van der Waals surface area contributed by atoms with Gasteiger partial charge in [-0.1, -0.05) is 11.6 Å². The number of carbonyl (C=O) groups is 1. The highest BCUT2D eigenvalue weighted by Gasteiger charge is 2.26. The SMILES string of the molecule is CNC(=O)OC(C)CNc1nccc(-c2cn(C(C)C)nc2-c2cc(Cl)cc(S(=O)(=O)NC)c2F)n1. The van der Waals surface area contributed by atoms with Crippen LogP contribution in [-0.4, -0.2) is 61.0 Å². The Bertz CT molecular complexity index is 1360. The summed E-state index contributed by atoms with van der Waals surface area (Å²) in [5, 5.41) is 9.90. The highest BCUT2D eigenvalue weighted by Crippen LogP contribution is 2.36. The van der Waals surface area contributed by atoms with Gasteiger partial charge in [-0.3, -0.25) is 4.68 Å². The molecule has 0 radical (unpaired) electrons. The van der Waals surface area contributed by atoms with Gasteiger partial charge in [0, 0.05) is 41.6 Å². The number of rotatable bonds is 9. The maximum Gasteiger partial charge on any atom is 0.407 e. The van der Waals surface area contributed by atoms with Crippen LogP contribution in [0.4, 0.5) is 15.1 Å². The van der Waals surface area contributed by atoms with E-state index in [9.17, 15) is 13.2 Å². The fourth-order valence-corrected chi connectivity index (χ4v) is 4.33. The molecule has 0 spiro atoms. The van der Waals surface area contributed by atoms with Crippen LogP contribution in [0.3, 0.4) is 0 Å². The van der Waals surface area contributed by atoms with E-state index in [1.165, 1.54) is 26.4 Å². The quantitative estimate of drug-likeness (QED) is 0.375. The number of aromatic nitrogens is 4. The summed E-state index contributed by atoms with van der Waals surface area (Å²) in [6, 6.07) is 3.90. The molecule has 3 aromatic rings. The van der Waals surface area contributed by atoms with Crippen molar-refractivity contribution in [1.82, 2.24) is 29.8 Å². The lowest BCUT2D eigenvalue weighted by Gasteiger charge is -2.14. The zero-order chi connectivity index (χ0) is 26.6. The van der Waals surface area contributed by atoms with E-state index in [1.807, 2.05) is 13.8 Å². The maximum absolute atomic E-state index is 15.5. The second kappa shape index (κ2) is 11.2. The predicted molar refractivity (Wildman–Crippen MR) is 134 cm³/mol. The van der Waals surface area contributed by atoms with E-state index in [0.717, 1.165) is 6.07 Å². The number of nitrogens with one attached hydrogen (secondary N) is 3. The second-order valence-electron chi connectivity index (χ2n) is 8.05. The lowest BCUT2D eigenvalue weighted by atomic mass is 10.1. The van der Waals surface area contributed by atoms with Crippen LogP contribution in [0.5, 0.6) is 0 Å². The Morgan fingerprint density at radius 2 is 1.94 bits per heavy atom. The van der Waals surface area contributed by atoms with Gasteiger partial charge < -0.3 is 15.4 Å². The summed E-state index contributed by atoms with van der Waals surface area (Å²) >= 11 is 6.18. The van der Waals surface area contributed by atoms with Crippen molar-refractivity contribution in [3.8, 4) is 22.5 Å². The number of carbonyl (C=O) groups excluding carboxylic acids is 1. The van der Waals surface area contributed by atoms with E-state index in [1.54, 1.807) is 23.9 Å². The second-order valence-corrected chi connectivity index (χ2v) is 10.3. The largest absolute Gasteiger partial charge is 0.445 e. The number of hydrogen-bond donors (Lipinski definition) is 3. The van der Waals surface area contributed by atoms with E-state index in [0.29, 0.717) is 11.3 Å². The van der Waals surface area contributed by atoms with Gasteiger partial charge in [0.15, 0.2) is 5.82 Å². The lowest BCUT2D eigenvalue weighted by Crippen LogP contribution is -2.29. The molecule has 3 N–H and O–H groups in total. The third-order valence-electron chi connectivity index (χ3n) is 5.07. The van der Waals surface area contributed by atoms with Crippen LogP contribution < -0.4 is 15.4 Å². The highest BCUT2D eigenvalue weighted by atomic mass is 35.5. The van der Waals surface area contributed by atoms with E-state index in [2.05, 4.69) is 30.4 Å². The molecule has 3 rings (SSSR count). The van der Waals surface area contributed by atoms with Gasteiger partial charge in [0.1, 0.15) is 16.7 Å². The number of hydrogen-bond acceptors (Lipinski definition) is 8. The number of anilines is 1. The number of halogens is 2. The molecule has 1 unspecified atom stereocenters. The minimum absolute atomic E-state index is 0.0282. The van der Waals surface area contributed by atoms with Crippen molar-refractivity contribution in [2.24, 2.45) is 0 Å². The molecule has 11 nitrogen and oxygen atoms in total. The van der Waals surface area contributed by atoms with Crippen molar-refractivity contribution in [3.05, 3.63) is 41.4 Å². The Morgan fingerprint density at radius 1 is 1.22 bits per heavy atom. The van der Waals surface area contributed by atoms with E-state index < -0.39 is 32.9 Å². The van der Waals surface area contributed by atoms with Crippen molar-refractivity contribution >= 4 is 33.7 Å². The predicted octanol–water partition coefficient (Wildman–Crippen LogP) is 3.45. The number of ether oxygens (including phenoxy) is 1. The molecule has 1 aromatic carbocycles. The molecule has 194 valence electrons. The molecular weight excluding hydrogens is 513 g/mol. The first kappa shape index (κ1) is 27.3. The summed E-state index contributed by atoms with van der Waals surface area (Å²) in [6.07, 6.45) is 2.17. The highest BCUT2D eigenvalue weighted by molar-refractivity contribution is 7.89. The molecule has 0 saturated carbocycles. The zero-order valence-electron chi connectivity index (χ0n) is 20.3. The first-order chi connectivity index (χ1) is 17.0. The monoisotopic (exact) mass is 539 g/mol. The van der Waals surface area contributed by atoms with Crippen LogP contribution in [0.2, 0.25) is 5.02 Å². The van der Waals surface area contributed by atoms with Gasteiger partial charge in [0.05, 0.1) is 12.2 Å². The van der Waals surface area contributed by atoms with Gasteiger partial charge in [0.25, 0.3) is 0 Å². The number of amides is 1. The number of benzene rings is 1. The molecule has 14 heteroatoms. The fourth-order valence-electron chi connectivity index (χ4n) is 3.20. The molecule has 1 atom stereocenters. The molecule has 0 aliphatic carbocycles. The summed E-state index contributed by atoms with van der Waals surface area (Å²) in [5.74, 6) is -0.746. The van der Waals surface area contributed by atoms with Crippen LogP contribution in [0.1, 0.15) is 26.8 Å². The minimum Gasteiger partial charge on any atom is -0.445 e. The van der Waals surface area contributed by atoms with Crippen molar-refractivity contribution < 1.29 is 22.3 Å². The molecule has 0 saturated heterocycles.